The highest BCUT2D eigenvalue weighted by molar-refractivity contribution is 9.10. The van der Waals surface area contributed by atoms with E-state index in [0.29, 0.717) is 13.0 Å². The number of carbonyl (C=O) groups excluding carboxylic acids is 1. The van der Waals surface area contributed by atoms with Gasteiger partial charge < -0.3 is 4.74 Å². The number of carbonyl (C=O) groups is 1. The Bertz CT molecular complexity index is 325. The van der Waals surface area contributed by atoms with Crippen LogP contribution in [-0.4, -0.2) is 17.4 Å². The molecule has 0 fully saturated rings. The molecule has 76 valence electrons. The fraction of sp³-hybridized carbons (Fsp3) is 0.364. The van der Waals surface area contributed by atoms with Crippen LogP contribution in [0.4, 0.5) is 0 Å². The van der Waals surface area contributed by atoms with Crippen molar-refractivity contribution < 1.29 is 10.9 Å². The van der Waals surface area contributed by atoms with Gasteiger partial charge in [-0.1, -0.05) is 46.3 Å². The van der Waals surface area contributed by atoms with Crippen LogP contribution in [-0.2, 0) is 16.0 Å². The van der Waals surface area contributed by atoms with Crippen LogP contribution in [0.5, 0.6) is 0 Å². The number of hydrogen-bond donors (Lipinski definition) is 0. The first-order chi connectivity index (χ1) is 7.06. The lowest BCUT2D eigenvalue weighted by atomic mass is 10.1. The van der Waals surface area contributed by atoms with Crippen molar-refractivity contribution in [3.05, 3.63) is 35.9 Å². The van der Waals surface area contributed by atoms with Crippen molar-refractivity contribution in [1.29, 1.82) is 0 Å². The van der Waals surface area contributed by atoms with E-state index in [4.69, 9.17) is 6.11 Å². The first kappa shape index (κ1) is 9.71. The Balaban J connectivity index is 2.68. The molecule has 0 radical (unpaired) electrons. The molecule has 0 saturated carbocycles. The Labute approximate surface area is 93.8 Å². The number of hydrogen-bond acceptors (Lipinski definition) is 2. The minimum atomic E-state index is -1.38. The fourth-order valence-corrected chi connectivity index (χ4v) is 1.49. The zero-order valence-corrected chi connectivity index (χ0v) is 9.58. The first-order valence-electron chi connectivity index (χ1n) is 4.96. The maximum Gasteiger partial charge on any atom is 0.320 e. The molecule has 0 aliphatic heterocycles. The average Bonchev–Trinajstić information content (AvgIpc) is 2.19. The summed E-state index contributed by atoms with van der Waals surface area (Å²) in [6.07, 6.45) is 0.298. The zero-order chi connectivity index (χ0) is 11.3. The van der Waals surface area contributed by atoms with E-state index in [1.165, 1.54) is 0 Å². The number of esters is 1. The van der Waals surface area contributed by atoms with Crippen molar-refractivity contribution in [3.63, 3.8) is 0 Å². The summed E-state index contributed by atoms with van der Waals surface area (Å²) in [4.78, 5) is 10.0. The third-order valence-corrected chi connectivity index (χ3v) is 2.30. The molecule has 0 aliphatic carbocycles. The molecule has 3 heteroatoms. The molecule has 0 heterocycles. The van der Waals surface area contributed by atoms with E-state index in [1.807, 2.05) is 30.3 Å². The van der Waals surface area contributed by atoms with Crippen LogP contribution in [0.15, 0.2) is 30.3 Å². The highest BCUT2D eigenvalue weighted by atomic mass is 79.9. The van der Waals surface area contributed by atoms with Crippen molar-refractivity contribution in [2.24, 2.45) is 0 Å². The van der Waals surface area contributed by atoms with Crippen molar-refractivity contribution in [2.75, 3.05) is 6.61 Å². The summed E-state index contributed by atoms with van der Waals surface area (Å²) in [6.45, 7) is 2.02. The minimum Gasteiger partial charge on any atom is -0.465 e. The van der Waals surface area contributed by atoms with Gasteiger partial charge in [0.2, 0.25) is 0 Å². The topological polar surface area (TPSA) is 26.3 Å². The Hall–Kier alpha value is -0.830. The van der Waals surface area contributed by atoms with E-state index < -0.39 is 10.8 Å². The molecule has 0 spiro atoms. The van der Waals surface area contributed by atoms with Gasteiger partial charge in [0.05, 0.1) is 7.98 Å². The second-order valence-corrected chi connectivity index (χ2v) is 3.74. The molecule has 2 nitrogen and oxygen atoms in total. The second kappa shape index (κ2) is 5.81. The number of ether oxygens (including phenoxy) is 1. The van der Waals surface area contributed by atoms with Gasteiger partial charge in [0, 0.05) is 0 Å². The van der Waals surface area contributed by atoms with Gasteiger partial charge in [-0.25, -0.2) is 0 Å². The van der Waals surface area contributed by atoms with Crippen LogP contribution in [0.1, 0.15) is 13.9 Å². The summed E-state index contributed by atoms with van der Waals surface area (Å²) < 4.78 is 12.6. The molecule has 0 N–H and O–H groups in total. The molecule has 0 aromatic heterocycles. The number of rotatable bonds is 4. The van der Waals surface area contributed by atoms with Gasteiger partial charge in [-0.3, -0.25) is 4.79 Å². The predicted molar refractivity (Wildman–Crippen MR) is 59.5 cm³/mol. The molecule has 1 aromatic rings. The standard InChI is InChI=1S/C11H13BrO2/c1-2-14-11(13)10(12)8-9-6-4-3-5-7-9/h3-7,10H,2,8H2,1H3/i10D. The second-order valence-electron chi connectivity index (χ2n) is 2.79. The number of halogens is 1. The molecule has 1 unspecified atom stereocenters. The van der Waals surface area contributed by atoms with Crippen LogP contribution in [0.3, 0.4) is 0 Å². The Kier molecular flexibility index (Phi) is 4.03. The molecular weight excluding hydrogens is 244 g/mol. The quantitative estimate of drug-likeness (QED) is 0.612. The van der Waals surface area contributed by atoms with E-state index in [-0.39, 0.29) is 0 Å². The SMILES string of the molecule is [2H]C(Br)(Cc1ccccc1)C(=O)OCC. The summed E-state index contributed by atoms with van der Waals surface area (Å²) >= 11 is 3.08. The fourth-order valence-electron chi connectivity index (χ4n) is 1.06. The third-order valence-electron chi connectivity index (χ3n) is 1.70. The summed E-state index contributed by atoms with van der Waals surface area (Å²) in [7, 11) is 0. The van der Waals surface area contributed by atoms with Crippen molar-refractivity contribution in [3.8, 4) is 0 Å². The lowest BCUT2D eigenvalue weighted by Crippen LogP contribution is -2.19. The maximum atomic E-state index is 11.4. The Morgan fingerprint density at radius 1 is 1.57 bits per heavy atom. The van der Waals surface area contributed by atoms with Gasteiger partial charge in [0.1, 0.15) is 4.80 Å². The summed E-state index contributed by atoms with van der Waals surface area (Å²) in [6, 6.07) is 9.41. The highest BCUT2D eigenvalue weighted by Gasteiger charge is 2.15. The molecule has 1 rings (SSSR count). The van der Waals surface area contributed by atoms with E-state index in [2.05, 4.69) is 15.9 Å². The molecule has 1 atom stereocenters. The molecule has 0 saturated heterocycles. The smallest absolute Gasteiger partial charge is 0.320 e. The maximum absolute atomic E-state index is 11.4. The minimum absolute atomic E-state index is 0.292. The molecular formula is C11H13BrO2. The van der Waals surface area contributed by atoms with Crippen LogP contribution in [0, 0.1) is 0 Å². The van der Waals surface area contributed by atoms with Gasteiger partial charge in [0.15, 0.2) is 0 Å². The summed E-state index contributed by atoms with van der Waals surface area (Å²) in [5.41, 5.74) is 0.928. The number of benzene rings is 1. The monoisotopic (exact) mass is 257 g/mol. The van der Waals surface area contributed by atoms with Crippen LogP contribution in [0.25, 0.3) is 0 Å². The van der Waals surface area contributed by atoms with Gasteiger partial charge >= 0.3 is 5.97 Å². The van der Waals surface area contributed by atoms with Crippen molar-refractivity contribution >= 4 is 21.9 Å². The zero-order valence-electron chi connectivity index (χ0n) is 9.00. The predicted octanol–water partition coefficient (Wildman–Crippen LogP) is 2.56. The average molecular weight is 258 g/mol. The van der Waals surface area contributed by atoms with Crippen LogP contribution < -0.4 is 0 Å². The van der Waals surface area contributed by atoms with Gasteiger partial charge in [-0.05, 0) is 18.9 Å². The largest absolute Gasteiger partial charge is 0.465 e. The molecule has 0 bridgehead atoms. The van der Waals surface area contributed by atoms with E-state index in [0.717, 1.165) is 5.56 Å². The normalized spacial score (nSPS) is 15.4. The van der Waals surface area contributed by atoms with Crippen LogP contribution >= 0.6 is 15.9 Å². The van der Waals surface area contributed by atoms with Gasteiger partial charge in [-0.15, -0.1) is 0 Å². The number of alkyl halides is 1. The lowest BCUT2D eigenvalue weighted by Gasteiger charge is -2.08. The summed E-state index contributed by atoms with van der Waals surface area (Å²) in [5, 5.41) is 0. The summed E-state index contributed by atoms with van der Waals surface area (Å²) in [5.74, 6) is -0.547. The Morgan fingerprint density at radius 3 is 2.79 bits per heavy atom. The van der Waals surface area contributed by atoms with Gasteiger partial charge in [0.25, 0.3) is 0 Å². The Morgan fingerprint density at radius 2 is 2.21 bits per heavy atom. The van der Waals surface area contributed by atoms with E-state index >= 15 is 0 Å². The third kappa shape index (κ3) is 3.50. The molecule has 0 aliphatic rings. The lowest BCUT2D eigenvalue weighted by molar-refractivity contribution is -0.142. The van der Waals surface area contributed by atoms with E-state index in [9.17, 15) is 4.79 Å². The van der Waals surface area contributed by atoms with Crippen LogP contribution in [0.2, 0.25) is 0 Å². The molecule has 14 heavy (non-hydrogen) atoms. The molecule has 0 amide bonds. The van der Waals surface area contributed by atoms with E-state index in [1.54, 1.807) is 6.92 Å². The highest BCUT2D eigenvalue weighted by Crippen LogP contribution is 2.11. The first-order valence-corrected chi connectivity index (χ1v) is 5.25. The molecule has 1 aromatic carbocycles. The van der Waals surface area contributed by atoms with Gasteiger partial charge in [-0.2, -0.15) is 0 Å². The van der Waals surface area contributed by atoms with Crippen molar-refractivity contribution in [1.82, 2.24) is 0 Å². The van der Waals surface area contributed by atoms with Crippen molar-refractivity contribution in [2.45, 2.75) is 18.1 Å².